The highest BCUT2D eigenvalue weighted by Gasteiger charge is 2.15. The molecule has 2 aromatic rings. The molecule has 1 N–H and O–H groups in total. The summed E-state index contributed by atoms with van der Waals surface area (Å²) in [6.45, 7) is 10.9. The minimum atomic E-state index is 0.127. The van der Waals surface area contributed by atoms with Crippen molar-refractivity contribution in [2.75, 3.05) is 11.9 Å². The van der Waals surface area contributed by atoms with E-state index < -0.39 is 0 Å². The molecule has 4 heteroatoms. The summed E-state index contributed by atoms with van der Waals surface area (Å²) in [5, 5.41) is 3.30. The normalized spacial score (nSPS) is 10.8. The van der Waals surface area contributed by atoms with Crippen LogP contribution in [0.2, 0.25) is 0 Å². The Kier molecular flexibility index (Phi) is 4.78. The third-order valence-corrected chi connectivity index (χ3v) is 3.11. The predicted molar refractivity (Wildman–Crippen MR) is 86.9 cm³/mol. The van der Waals surface area contributed by atoms with Crippen LogP contribution in [0.1, 0.15) is 32.2 Å². The molecule has 1 heterocycles. The van der Waals surface area contributed by atoms with Gasteiger partial charge in [0.1, 0.15) is 17.4 Å². The van der Waals surface area contributed by atoms with Crippen LogP contribution < -0.4 is 10.1 Å². The fourth-order valence-corrected chi connectivity index (χ4v) is 2.25. The smallest absolute Gasteiger partial charge is 0.133 e. The molecule has 0 unspecified atom stereocenters. The van der Waals surface area contributed by atoms with Crippen LogP contribution in [-0.4, -0.2) is 22.6 Å². The molecule has 4 nitrogen and oxygen atoms in total. The monoisotopic (exact) mass is 285 g/mol. The number of hydrogen-bond donors (Lipinski definition) is 1. The largest absolute Gasteiger partial charge is 0.490 e. The van der Waals surface area contributed by atoms with Crippen LogP contribution in [0.3, 0.4) is 0 Å². The van der Waals surface area contributed by atoms with Crippen molar-refractivity contribution in [2.45, 2.75) is 40.7 Å². The molecule has 0 aliphatic rings. The standard InChI is InChI=1S/C17H23N3O/c1-6-18-17-12(4)16(19-13(5)20-17)14-9-7-8-10-15(14)21-11(2)3/h7-11H,6H2,1-5H3,(H,18,19,20). The Balaban J connectivity index is 2.56. The molecule has 21 heavy (non-hydrogen) atoms. The van der Waals surface area contributed by atoms with E-state index in [1.807, 2.05) is 52.0 Å². The Labute approximate surface area is 126 Å². The van der Waals surface area contributed by atoms with Crippen LogP contribution in [0.25, 0.3) is 11.3 Å². The minimum absolute atomic E-state index is 0.127. The van der Waals surface area contributed by atoms with Crippen molar-refractivity contribution in [1.29, 1.82) is 0 Å². The molecule has 0 fully saturated rings. The summed E-state index contributed by atoms with van der Waals surface area (Å²) < 4.78 is 5.91. The molecule has 0 spiro atoms. The summed E-state index contributed by atoms with van der Waals surface area (Å²) in [4.78, 5) is 9.10. The maximum atomic E-state index is 5.91. The van der Waals surface area contributed by atoms with E-state index in [2.05, 4.69) is 22.2 Å². The van der Waals surface area contributed by atoms with Crippen LogP contribution in [0.4, 0.5) is 5.82 Å². The summed E-state index contributed by atoms with van der Waals surface area (Å²) >= 11 is 0. The van der Waals surface area contributed by atoms with E-state index in [1.165, 1.54) is 0 Å². The highest BCUT2D eigenvalue weighted by molar-refractivity contribution is 5.73. The lowest BCUT2D eigenvalue weighted by molar-refractivity contribution is 0.243. The van der Waals surface area contributed by atoms with Crippen molar-refractivity contribution in [3.8, 4) is 17.0 Å². The van der Waals surface area contributed by atoms with Crippen molar-refractivity contribution < 1.29 is 4.74 Å². The van der Waals surface area contributed by atoms with E-state index in [4.69, 9.17) is 4.74 Å². The molecular weight excluding hydrogens is 262 g/mol. The third kappa shape index (κ3) is 3.51. The summed E-state index contributed by atoms with van der Waals surface area (Å²) in [6.07, 6.45) is 0.127. The first-order valence-corrected chi connectivity index (χ1v) is 7.38. The van der Waals surface area contributed by atoms with Crippen molar-refractivity contribution in [1.82, 2.24) is 9.97 Å². The third-order valence-electron chi connectivity index (χ3n) is 3.11. The fraction of sp³-hybridized carbons (Fsp3) is 0.412. The highest BCUT2D eigenvalue weighted by atomic mass is 16.5. The molecule has 0 atom stereocenters. The van der Waals surface area contributed by atoms with E-state index in [9.17, 15) is 0 Å². The Bertz CT molecular complexity index is 623. The number of benzene rings is 1. The number of ether oxygens (including phenoxy) is 1. The lowest BCUT2D eigenvalue weighted by Crippen LogP contribution is -2.09. The average Bonchev–Trinajstić information content (AvgIpc) is 2.43. The molecular formula is C17H23N3O. The van der Waals surface area contributed by atoms with Gasteiger partial charge in [-0.05, 0) is 46.8 Å². The van der Waals surface area contributed by atoms with Gasteiger partial charge < -0.3 is 10.1 Å². The number of anilines is 1. The molecule has 2 rings (SSSR count). The first-order valence-electron chi connectivity index (χ1n) is 7.38. The predicted octanol–water partition coefficient (Wildman–Crippen LogP) is 3.98. The van der Waals surface area contributed by atoms with E-state index in [1.54, 1.807) is 0 Å². The van der Waals surface area contributed by atoms with Gasteiger partial charge in [-0.1, -0.05) is 12.1 Å². The van der Waals surface area contributed by atoms with Gasteiger partial charge in [0.25, 0.3) is 0 Å². The Morgan fingerprint density at radius 1 is 1.14 bits per heavy atom. The molecule has 0 aliphatic heterocycles. The quantitative estimate of drug-likeness (QED) is 0.902. The number of hydrogen-bond acceptors (Lipinski definition) is 4. The van der Waals surface area contributed by atoms with Crippen molar-refractivity contribution >= 4 is 5.82 Å². The maximum Gasteiger partial charge on any atom is 0.133 e. The van der Waals surface area contributed by atoms with Gasteiger partial charge in [-0.15, -0.1) is 0 Å². The summed E-state index contributed by atoms with van der Waals surface area (Å²) in [6, 6.07) is 8.02. The highest BCUT2D eigenvalue weighted by Crippen LogP contribution is 2.33. The Morgan fingerprint density at radius 2 is 1.86 bits per heavy atom. The van der Waals surface area contributed by atoms with Gasteiger partial charge in [-0.2, -0.15) is 0 Å². The molecule has 0 amide bonds. The SMILES string of the molecule is CCNc1nc(C)nc(-c2ccccc2OC(C)C)c1C. The molecule has 0 saturated carbocycles. The molecule has 1 aromatic heterocycles. The molecule has 1 aromatic carbocycles. The summed E-state index contributed by atoms with van der Waals surface area (Å²) in [5.74, 6) is 2.50. The Hall–Kier alpha value is -2.10. The van der Waals surface area contributed by atoms with Crippen LogP contribution in [0.5, 0.6) is 5.75 Å². The molecule has 0 bridgehead atoms. The molecule has 112 valence electrons. The summed E-state index contributed by atoms with van der Waals surface area (Å²) in [7, 11) is 0. The van der Waals surface area contributed by atoms with E-state index >= 15 is 0 Å². The van der Waals surface area contributed by atoms with E-state index in [0.29, 0.717) is 0 Å². The number of nitrogens with one attached hydrogen (secondary N) is 1. The average molecular weight is 285 g/mol. The van der Waals surface area contributed by atoms with Gasteiger partial charge in [0.05, 0.1) is 11.8 Å². The second kappa shape index (κ2) is 6.57. The second-order valence-electron chi connectivity index (χ2n) is 5.29. The molecule has 0 aliphatic carbocycles. The zero-order valence-corrected chi connectivity index (χ0v) is 13.4. The lowest BCUT2D eigenvalue weighted by Gasteiger charge is -2.17. The van der Waals surface area contributed by atoms with Crippen LogP contribution in [-0.2, 0) is 0 Å². The number of aromatic nitrogens is 2. The van der Waals surface area contributed by atoms with Crippen LogP contribution in [0, 0.1) is 13.8 Å². The molecule has 0 radical (unpaired) electrons. The second-order valence-corrected chi connectivity index (χ2v) is 5.29. The van der Waals surface area contributed by atoms with Crippen molar-refractivity contribution in [3.05, 3.63) is 35.7 Å². The topological polar surface area (TPSA) is 47.0 Å². The first-order chi connectivity index (χ1) is 10.0. The molecule has 0 saturated heterocycles. The van der Waals surface area contributed by atoms with E-state index in [0.717, 1.165) is 40.8 Å². The fourth-order valence-electron chi connectivity index (χ4n) is 2.25. The minimum Gasteiger partial charge on any atom is -0.490 e. The number of rotatable bonds is 5. The summed E-state index contributed by atoms with van der Waals surface area (Å²) in [5.41, 5.74) is 2.98. The van der Waals surface area contributed by atoms with Gasteiger partial charge in [0.15, 0.2) is 0 Å². The van der Waals surface area contributed by atoms with Crippen molar-refractivity contribution in [3.63, 3.8) is 0 Å². The van der Waals surface area contributed by atoms with Crippen LogP contribution in [0.15, 0.2) is 24.3 Å². The van der Waals surface area contributed by atoms with Gasteiger partial charge in [-0.25, -0.2) is 9.97 Å². The number of para-hydroxylation sites is 1. The maximum absolute atomic E-state index is 5.91. The zero-order valence-electron chi connectivity index (χ0n) is 13.4. The zero-order chi connectivity index (χ0) is 15.4. The van der Waals surface area contributed by atoms with Gasteiger partial charge in [0.2, 0.25) is 0 Å². The van der Waals surface area contributed by atoms with E-state index in [-0.39, 0.29) is 6.10 Å². The van der Waals surface area contributed by atoms with Gasteiger partial charge in [0, 0.05) is 17.7 Å². The van der Waals surface area contributed by atoms with Gasteiger partial charge in [-0.3, -0.25) is 0 Å². The lowest BCUT2D eigenvalue weighted by atomic mass is 10.1. The number of aryl methyl sites for hydroxylation is 1. The Morgan fingerprint density at radius 3 is 2.52 bits per heavy atom. The first kappa shape index (κ1) is 15.3. The van der Waals surface area contributed by atoms with Crippen LogP contribution >= 0.6 is 0 Å². The van der Waals surface area contributed by atoms with Crippen molar-refractivity contribution in [2.24, 2.45) is 0 Å². The van der Waals surface area contributed by atoms with Gasteiger partial charge >= 0.3 is 0 Å². The number of nitrogens with zero attached hydrogens (tertiary/aromatic N) is 2.